The largest absolute Gasteiger partial charge is 0.396 e. The molecular weight excluding hydrogens is 646 g/mol. The lowest BCUT2D eigenvalue weighted by Crippen LogP contribution is -2.55. The van der Waals surface area contributed by atoms with E-state index in [9.17, 15) is 24.8 Å². The third kappa shape index (κ3) is 5.25. The molecule has 2 spiro atoms. The molecule has 3 aromatic rings. The van der Waals surface area contributed by atoms with Crippen molar-refractivity contribution in [3.63, 3.8) is 0 Å². The molecule has 258 valence electrons. The molecular formula is C36H42FN5O6Si. The molecule has 3 saturated heterocycles. The van der Waals surface area contributed by atoms with E-state index in [0.29, 0.717) is 36.4 Å². The molecule has 49 heavy (non-hydrogen) atoms. The number of carbonyl (C=O) groups is 2. The Morgan fingerprint density at radius 2 is 1.73 bits per heavy atom. The molecule has 2 N–H and O–H groups in total. The van der Waals surface area contributed by atoms with Gasteiger partial charge in [0.25, 0.3) is 17.5 Å². The summed E-state index contributed by atoms with van der Waals surface area (Å²) in [4.78, 5) is 45.9. The zero-order valence-corrected chi connectivity index (χ0v) is 29.0. The van der Waals surface area contributed by atoms with Crippen molar-refractivity contribution < 1.29 is 28.5 Å². The standard InChI is InChI=1S/C36H42FN5O6Si/c1-24-32(49(2,3)37)31(14-19-43)48-36(24)29-21-28(42(46)47)12-13-30(29)39(34(36)45)22-25-8-7-11-27(20-25)40-23-41(26-9-5-4-6-10-26)35(33(40)44)15-17-38-18-16-35/h4-13,20-21,24,31-32,38,43H,14-19,22-23H2,1-3H3/t24-,31+,32-,36+/m0/s1. The number of ether oxygens (including phenoxy) is 1. The fraction of sp³-hybridized carbons (Fsp3) is 0.444. The van der Waals surface area contributed by atoms with Gasteiger partial charge in [-0.15, -0.1) is 0 Å². The van der Waals surface area contributed by atoms with E-state index in [2.05, 4.69) is 10.2 Å². The molecule has 11 nitrogen and oxygen atoms in total. The lowest BCUT2D eigenvalue weighted by molar-refractivity contribution is -0.385. The summed E-state index contributed by atoms with van der Waals surface area (Å²) in [7, 11) is -3.43. The minimum atomic E-state index is -3.43. The molecule has 7 rings (SSSR count). The number of halogens is 1. The summed E-state index contributed by atoms with van der Waals surface area (Å²) in [5, 5.41) is 25.1. The van der Waals surface area contributed by atoms with Crippen molar-refractivity contribution in [1.82, 2.24) is 5.32 Å². The molecule has 4 aliphatic heterocycles. The van der Waals surface area contributed by atoms with Crippen molar-refractivity contribution in [3.05, 3.63) is 94.0 Å². The highest BCUT2D eigenvalue weighted by molar-refractivity contribution is 6.72. The zero-order valence-electron chi connectivity index (χ0n) is 28.0. The normalized spacial score (nSPS) is 26.3. The summed E-state index contributed by atoms with van der Waals surface area (Å²) in [6, 6.07) is 21.8. The van der Waals surface area contributed by atoms with Gasteiger partial charge in [0.15, 0.2) is 5.60 Å². The SMILES string of the molecule is C[C@H]1[C@H]([Si](C)(C)F)[C@@H](CCO)O[C@]12C(=O)N(Cc1cccc(N3CN(c4ccccc4)C4(CCNCC4)C3=O)c1)c1ccc([N+](=O)[O-])cc12. The summed E-state index contributed by atoms with van der Waals surface area (Å²) < 4.78 is 22.4. The van der Waals surface area contributed by atoms with Gasteiger partial charge < -0.3 is 29.1 Å². The first kappa shape index (κ1) is 33.3. The van der Waals surface area contributed by atoms with Gasteiger partial charge in [0.05, 0.1) is 29.9 Å². The second kappa shape index (κ2) is 12.3. The molecule has 0 aromatic heterocycles. The van der Waals surface area contributed by atoms with E-state index in [0.717, 1.165) is 24.3 Å². The highest BCUT2D eigenvalue weighted by atomic mass is 28.4. The van der Waals surface area contributed by atoms with Crippen LogP contribution in [0.15, 0.2) is 72.8 Å². The number of carbonyl (C=O) groups excluding carboxylic acids is 2. The van der Waals surface area contributed by atoms with Gasteiger partial charge in [0.2, 0.25) is 8.41 Å². The number of piperidine rings is 1. The van der Waals surface area contributed by atoms with Crippen molar-refractivity contribution in [2.24, 2.45) is 5.92 Å². The molecule has 13 heteroatoms. The van der Waals surface area contributed by atoms with E-state index < -0.39 is 47.9 Å². The van der Waals surface area contributed by atoms with E-state index in [1.165, 1.54) is 12.1 Å². The van der Waals surface area contributed by atoms with Gasteiger partial charge in [-0.25, -0.2) is 0 Å². The number of nitrogens with one attached hydrogen (secondary N) is 1. The van der Waals surface area contributed by atoms with Crippen LogP contribution in [0, 0.1) is 16.0 Å². The quantitative estimate of drug-likeness (QED) is 0.143. The number of para-hydroxylation sites is 1. The number of rotatable bonds is 8. The Morgan fingerprint density at radius 1 is 1.02 bits per heavy atom. The van der Waals surface area contributed by atoms with Crippen molar-refractivity contribution in [1.29, 1.82) is 0 Å². The predicted molar refractivity (Wildman–Crippen MR) is 187 cm³/mol. The lowest BCUT2D eigenvalue weighted by Gasteiger charge is -2.39. The van der Waals surface area contributed by atoms with Crippen LogP contribution in [-0.2, 0) is 26.5 Å². The van der Waals surface area contributed by atoms with Crippen LogP contribution in [0.3, 0.4) is 0 Å². The Labute approximate surface area is 286 Å². The highest BCUT2D eigenvalue weighted by Gasteiger charge is 2.67. The maximum Gasteiger partial charge on any atom is 0.269 e. The first-order valence-corrected chi connectivity index (χ1v) is 19.9. The molecule has 3 fully saturated rings. The minimum Gasteiger partial charge on any atom is -0.396 e. The number of non-ortho nitro benzene ring substituents is 1. The Bertz CT molecular complexity index is 1780. The molecule has 4 heterocycles. The Morgan fingerprint density at radius 3 is 2.41 bits per heavy atom. The van der Waals surface area contributed by atoms with Crippen LogP contribution in [0.5, 0.6) is 0 Å². The number of anilines is 3. The van der Waals surface area contributed by atoms with Gasteiger partial charge in [-0.1, -0.05) is 37.3 Å². The zero-order chi connectivity index (χ0) is 34.7. The van der Waals surface area contributed by atoms with E-state index in [-0.39, 0.29) is 31.2 Å². The van der Waals surface area contributed by atoms with Crippen LogP contribution in [-0.4, -0.2) is 68.3 Å². The molecule has 0 unspecified atom stereocenters. The number of hydrogen-bond acceptors (Lipinski definition) is 8. The topological polar surface area (TPSA) is 128 Å². The van der Waals surface area contributed by atoms with Gasteiger partial charge in [-0.05, 0) is 81.3 Å². The minimum absolute atomic E-state index is 0.0380. The number of aliphatic hydroxyl groups excluding tert-OH is 1. The predicted octanol–water partition coefficient (Wildman–Crippen LogP) is 5.23. The Balaban J connectivity index is 1.25. The second-order valence-corrected chi connectivity index (χ2v) is 18.0. The number of nitro benzene ring substituents is 1. The molecule has 4 atom stereocenters. The molecule has 0 radical (unpaired) electrons. The second-order valence-electron chi connectivity index (χ2n) is 14.2. The van der Waals surface area contributed by atoms with E-state index in [4.69, 9.17) is 4.74 Å². The smallest absolute Gasteiger partial charge is 0.269 e. The van der Waals surface area contributed by atoms with Gasteiger partial charge >= 0.3 is 0 Å². The van der Waals surface area contributed by atoms with Crippen LogP contribution < -0.4 is 20.0 Å². The average Bonchev–Trinajstić information content (AvgIpc) is 3.63. The van der Waals surface area contributed by atoms with Gasteiger partial charge in [0, 0.05) is 47.1 Å². The number of hydrogen-bond donors (Lipinski definition) is 2. The van der Waals surface area contributed by atoms with Crippen LogP contribution in [0.4, 0.5) is 26.9 Å². The van der Waals surface area contributed by atoms with Crippen molar-refractivity contribution in [3.8, 4) is 0 Å². The summed E-state index contributed by atoms with van der Waals surface area (Å²) in [6.45, 7) is 6.66. The van der Waals surface area contributed by atoms with Crippen molar-refractivity contribution in [2.45, 2.75) is 68.6 Å². The lowest BCUT2D eigenvalue weighted by atomic mass is 9.82. The molecule has 0 aliphatic carbocycles. The van der Waals surface area contributed by atoms with Crippen LogP contribution in [0.25, 0.3) is 0 Å². The fourth-order valence-electron chi connectivity index (χ4n) is 8.88. The number of amides is 2. The summed E-state index contributed by atoms with van der Waals surface area (Å²) >= 11 is 0. The van der Waals surface area contributed by atoms with E-state index in [1.807, 2.05) is 59.5 Å². The van der Waals surface area contributed by atoms with Crippen LogP contribution >= 0.6 is 0 Å². The first-order chi connectivity index (χ1) is 23.4. The van der Waals surface area contributed by atoms with Crippen molar-refractivity contribution in [2.75, 3.05) is 41.1 Å². The van der Waals surface area contributed by atoms with E-state index >= 15 is 4.11 Å². The summed E-state index contributed by atoms with van der Waals surface area (Å²) in [5.74, 6) is -1.01. The maximum absolute atomic E-state index is 15.9. The summed E-state index contributed by atoms with van der Waals surface area (Å²) in [5.41, 5.74) is 0.159. The molecule has 0 bridgehead atoms. The van der Waals surface area contributed by atoms with Gasteiger partial charge in [-0.3, -0.25) is 24.6 Å². The van der Waals surface area contributed by atoms with Crippen LogP contribution in [0.2, 0.25) is 18.6 Å². The molecule has 4 aliphatic rings. The number of aliphatic hydroxyl groups is 1. The fourth-order valence-corrected chi connectivity index (χ4v) is 11.4. The van der Waals surface area contributed by atoms with Crippen LogP contribution in [0.1, 0.15) is 37.3 Å². The third-order valence-corrected chi connectivity index (χ3v) is 13.5. The van der Waals surface area contributed by atoms with Gasteiger partial charge in [-0.2, -0.15) is 0 Å². The average molecular weight is 688 g/mol. The Hall–Kier alpha value is -4.17. The maximum atomic E-state index is 15.9. The Kier molecular flexibility index (Phi) is 8.37. The molecule has 3 aromatic carbocycles. The number of benzene rings is 3. The number of fused-ring (bicyclic) bond motifs is 2. The van der Waals surface area contributed by atoms with Crippen molar-refractivity contribution >= 4 is 43.0 Å². The van der Waals surface area contributed by atoms with E-state index in [1.54, 1.807) is 31.0 Å². The highest BCUT2D eigenvalue weighted by Crippen LogP contribution is 2.60. The molecule has 2 amide bonds. The number of nitrogens with zero attached hydrogens (tertiary/aromatic N) is 4. The first-order valence-electron chi connectivity index (χ1n) is 16.9. The third-order valence-electron chi connectivity index (χ3n) is 11.1. The molecule has 0 saturated carbocycles. The monoisotopic (exact) mass is 687 g/mol. The van der Waals surface area contributed by atoms with Gasteiger partial charge in [0.1, 0.15) is 5.54 Å². The summed E-state index contributed by atoms with van der Waals surface area (Å²) in [6.07, 6.45) is 0.790. The number of nitro groups is 1.